The molecule has 0 aliphatic rings. The van der Waals surface area contributed by atoms with Crippen molar-refractivity contribution in [2.24, 2.45) is 0 Å². The summed E-state index contributed by atoms with van der Waals surface area (Å²) in [4.78, 5) is 12.2. The standard InChI is InChI=1S/C17H11Cl2FN2O/c1-10-7-11(5-6-15(10)20)8-12(9-21)17(23)22-16-13(18)3-2-4-14(16)19/h2-8H,1H3,(H,22,23)/b12-8-. The van der Waals surface area contributed by atoms with Gasteiger partial charge in [0.25, 0.3) is 5.91 Å². The third-order valence-electron chi connectivity index (χ3n) is 3.06. The quantitative estimate of drug-likeness (QED) is 0.627. The summed E-state index contributed by atoms with van der Waals surface area (Å²) in [5.74, 6) is -1.00. The van der Waals surface area contributed by atoms with Crippen LogP contribution in [0, 0.1) is 24.1 Å². The topological polar surface area (TPSA) is 52.9 Å². The van der Waals surface area contributed by atoms with Crippen LogP contribution in [0.5, 0.6) is 0 Å². The lowest BCUT2D eigenvalue weighted by atomic mass is 10.1. The number of nitrogens with one attached hydrogen (secondary N) is 1. The molecule has 0 aliphatic carbocycles. The summed E-state index contributed by atoms with van der Waals surface area (Å²) in [6, 6.07) is 10.9. The highest BCUT2D eigenvalue weighted by atomic mass is 35.5. The molecule has 0 saturated carbocycles. The van der Waals surface area contributed by atoms with E-state index in [-0.39, 0.29) is 27.1 Å². The summed E-state index contributed by atoms with van der Waals surface area (Å²) < 4.78 is 13.3. The van der Waals surface area contributed by atoms with Crippen LogP contribution in [0.15, 0.2) is 42.0 Å². The molecule has 3 nitrogen and oxygen atoms in total. The highest BCUT2D eigenvalue weighted by Crippen LogP contribution is 2.30. The maximum Gasteiger partial charge on any atom is 0.266 e. The number of nitriles is 1. The molecule has 0 fully saturated rings. The number of rotatable bonds is 3. The molecule has 6 heteroatoms. The van der Waals surface area contributed by atoms with Crippen molar-refractivity contribution in [3.8, 4) is 6.07 Å². The summed E-state index contributed by atoms with van der Waals surface area (Å²) in [6.45, 7) is 1.60. The summed E-state index contributed by atoms with van der Waals surface area (Å²) in [7, 11) is 0. The van der Waals surface area contributed by atoms with Crippen LogP contribution in [0.2, 0.25) is 10.0 Å². The third-order valence-corrected chi connectivity index (χ3v) is 3.69. The molecule has 0 bridgehead atoms. The van der Waals surface area contributed by atoms with Crippen molar-refractivity contribution in [3.05, 3.63) is 69.0 Å². The first-order valence-corrected chi connectivity index (χ1v) is 7.31. The molecular formula is C17H11Cl2FN2O. The van der Waals surface area contributed by atoms with E-state index in [2.05, 4.69) is 5.32 Å². The van der Waals surface area contributed by atoms with Crippen LogP contribution >= 0.6 is 23.2 Å². The van der Waals surface area contributed by atoms with Crippen molar-refractivity contribution >= 4 is 40.9 Å². The van der Waals surface area contributed by atoms with Gasteiger partial charge in [0.1, 0.15) is 17.5 Å². The maximum absolute atomic E-state index is 13.3. The van der Waals surface area contributed by atoms with Gasteiger partial charge >= 0.3 is 0 Å². The molecule has 0 aliphatic heterocycles. The fraction of sp³-hybridized carbons (Fsp3) is 0.0588. The predicted molar refractivity (Wildman–Crippen MR) is 89.8 cm³/mol. The van der Waals surface area contributed by atoms with Crippen molar-refractivity contribution in [3.63, 3.8) is 0 Å². The third kappa shape index (κ3) is 4.10. The van der Waals surface area contributed by atoms with E-state index in [0.29, 0.717) is 11.1 Å². The van der Waals surface area contributed by atoms with Crippen molar-refractivity contribution in [2.45, 2.75) is 6.92 Å². The molecule has 0 saturated heterocycles. The van der Waals surface area contributed by atoms with Gasteiger partial charge < -0.3 is 5.32 Å². The van der Waals surface area contributed by atoms with Crippen LogP contribution in [0.25, 0.3) is 6.08 Å². The van der Waals surface area contributed by atoms with Gasteiger partial charge in [0, 0.05) is 0 Å². The average molecular weight is 349 g/mol. The van der Waals surface area contributed by atoms with Crippen molar-refractivity contribution in [1.82, 2.24) is 0 Å². The Morgan fingerprint density at radius 2 is 1.91 bits per heavy atom. The van der Waals surface area contributed by atoms with E-state index in [0.717, 1.165) is 0 Å². The number of benzene rings is 2. The van der Waals surface area contributed by atoms with Gasteiger partial charge in [-0.05, 0) is 48.4 Å². The second kappa shape index (κ2) is 7.28. The second-order valence-corrected chi connectivity index (χ2v) is 5.54. The molecule has 0 radical (unpaired) electrons. The van der Waals surface area contributed by atoms with Crippen LogP contribution in [-0.4, -0.2) is 5.91 Å². The minimum Gasteiger partial charge on any atom is -0.319 e. The fourth-order valence-electron chi connectivity index (χ4n) is 1.87. The largest absolute Gasteiger partial charge is 0.319 e. The SMILES string of the molecule is Cc1cc(/C=C(/C#N)C(=O)Nc2c(Cl)cccc2Cl)ccc1F. The highest BCUT2D eigenvalue weighted by Gasteiger charge is 2.14. The van der Waals surface area contributed by atoms with Crippen molar-refractivity contribution in [1.29, 1.82) is 5.26 Å². The Morgan fingerprint density at radius 1 is 1.26 bits per heavy atom. The molecule has 116 valence electrons. The van der Waals surface area contributed by atoms with Crippen molar-refractivity contribution < 1.29 is 9.18 Å². The Hall–Kier alpha value is -2.35. The van der Waals surface area contributed by atoms with Gasteiger partial charge in [-0.3, -0.25) is 4.79 Å². The first kappa shape index (κ1) is 17.0. The number of para-hydroxylation sites is 1. The highest BCUT2D eigenvalue weighted by molar-refractivity contribution is 6.40. The Labute approximate surface area is 142 Å². The number of hydrogen-bond acceptors (Lipinski definition) is 2. The smallest absolute Gasteiger partial charge is 0.266 e. The van der Waals surface area contributed by atoms with Crippen LogP contribution in [0.4, 0.5) is 10.1 Å². The van der Waals surface area contributed by atoms with Gasteiger partial charge in [-0.25, -0.2) is 4.39 Å². The Balaban J connectivity index is 2.30. The van der Waals surface area contributed by atoms with E-state index >= 15 is 0 Å². The molecule has 1 N–H and O–H groups in total. The van der Waals surface area contributed by atoms with E-state index < -0.39 is 5.91 Å². The molecule has 1 amide bonds. The molecule has 0 spiro atoms. The number of anilines is 1. The van der Waals surface area contributed by atoms with Crippen LogP contribution in [0.1, 0.15) is 11.1 Å². The average Bonchev–Trinajstić information content (AvgIpc) is 2.52. The van der Waals surface area contributed by atoms with Crippen LogP contribution < -0.4 is 5.32 Å². The van der Waals surface area contributed by atoms with E-state index in [1.165, 1.54) is 18.2 Å². The Bertz CT molecular complexity index is 821. The molecule has 0 heterocycles. The lowest BCUT2D eigenvalue weighted by Gasteiger charge is -2.08. The molecule has 0 aromatic heterocycles. The van der Waals surface area contributed by atoms with E-state index in [4.69, 9.17) is 23.2 Å². The van der Waals surface area contributed by atoms with Gasteiger partial charge in [-0.2, -0.15) is 5.26 Å². The predicted octanol–water partition coefficient (Wildman–Crippen LogP) is 4.99. The molecule has 0 unspecified atom stereocenters. The van der Waals surface area contributed by atoms with E-state index in [1.807, 2.05) is 6.07 Å². The van der Waals surface area contributed by atoms with Gasteiger partial charge in [0.15, 0.2) is 0 Å². The molecular weight excluding hydrogens is 338 g/mol. The van der Waals surface area contributed by atoms with Crippen LogP contribution in [-0.2, 0) is 4.79 Å². The van der Waals surface area contributed by atoms with Gasteiger partial charge in [0.2, 0.25) is 0 Å². The zero-order valence-electron chi connectivity index (χ0n) is 12.0. The number of halogens is 3. The van der Waals surface area contributed by atoms with Gasteiger partial charge in [0.05, 0.1) is 15.7 Å². The lowest BCUT2D eigenvalue weighted by molar-refractivity contribution is -0.112. The minimum absolute atomic E-state index is 0.146. The Morgan fingerprint density at radius 3 is 2.48 bits per heavy atom. The van der Waals surface area contributed by atoms with Gasteiger partial charge in [-0.1, -0.05) is 35.3 Å². The molecule has 0 atom stereocenters. The minimum atomic E-state index is -0.649. The number of amides is 1. The number of carbonyl (C=O) groups excluding carboxylic acids is 1. The normalized spacial score (nSPS) is 11.0. The van der Waals surface area contributed by atoms with E-state index in [1.54, 1.807) is 31.2 Å². The zero-order chi connectivity index (χ0) is 17.0. The monoisotopic (exact) mass is 348 g/mol. The first-order valence-electron chi connectivity index (χ1n) is 6.55. The summed E-state index contributed by atoms with van der Waals surface area (Å²) in [6.07, 6.45) is 1.37. The summed E-state index contributed by atoms with van der Waals surface area (Å²) >= 11 is 12.0. The summed E-state index contributed by atoms with van der Waals surface area (Å²) in [5.41, 5.74) is 1.05. The van der Waals surface area contributed by atoms with E-state index in [9.17, 15) is 14.4 Å². The molecule has 23 heavy (non-hydrogen) atoms. The number of carbonyl (C=O) groups is 1. The summed E-state index contributed by atoms with van der Waals surface area (Å²) in [5, 5.41) is 12.2. The second-order valence-electron chi connectivity index (χ2n) is 4.73. The number of aryl methyl sites for hydroxylation is 1. The fourth-order valence-corrected chi connectivity index (χ4v) is 2.36. The first-order chi connectivity index (χ1) is 10.9. The Kier molecular flexibility index (Phi) is 5.38. The maximum atomic E-state index is 13.3. The number of hydrogen-bond donors (Lipinski definition) is 1. The molecule has 2 aromatic carbocycles. The molecule has 2 aromatic rings. The zero-order valence-corrected chi connectivity index (χ0v) is 13.5. The lowest BCUT2D eigenvalue weighted by Crippen LogP contribution is -2.14. The number of nitrogens with zero attached hydrogens (tertiary/aromatic N) is 1. The van der Waals surface area contributed by atoms with Gasteiger partial charge in [-0.15, -0.1) is 0 Å². The van der Waals surface area contributed by atoms with Crippen LogP contribution in [0.3, 0.4) is 0 Å². The van der Waals surface area contributed by atoms with Crippen molar-refractivity contribution in [2.75, 3.05) is 5.32 Å². The molecule has 2 rings (SSSR count).